The summed E-state index contributed by atoms with van der Waals surface area (Å²) in [6.45, 7) is 1.48. The molecule has 1 heterocycles. The lowest BCUT2D eigenvalue weighted by Gasteiger charge is -2.19. The number of methoxy groups -OCH3 is 1. The first-order chi connectivity index (χ1) is 8.22. The van der Waals surface area contributed by atoms with Gasteiger partial charge in [-0.1, -0.05) is 6.42 Å². The second kappa shape index (κ2) is 5.80. The number of aliphatic hydroxyl groups excluding tert-OH is 1. The van der Waals surface area contributed by atoms with Crippen LogP contribution in [0.5, 0.6) is 0 Å². The maximum atomic E-state index is 12.0. The van der Waals surface area contributed by atoms with Gasteiger partial charge in [-0.15, -0.1) is 0 Å². The zero-order valence-electron chi connectivity index (χ0n) is 10.3. The van der Waals surface area contributed by atoms with Gasteiger partial charge in [0.2, 0.25) is 5.91 Å². The smallest absolute Gasteiger partial charge is 0.237 e. The van der Waals surface area contributed by atoms with E-state index in [1.165, 1.54) is 20.0 Å². The molecule has 2 rings (SSSR count). The van der Waals surface area contributed by atoms with Gasteiger partial charge in [-0.2, -0.15) is 0 Å². The Kier molecular flexibility index (Phi) is 4.36. The molecule has 0 spiro atoms. The van der Waals surface area contributed by atoms with Crippen molar-refractivity contribution >= 4 is 5.91 Å². The van der Waals surface area contributed by atoms with E-state index >= 15 is 0 Å². The van der Waals surface area contributed by atoms with Gasteiger partial charge in [0, 0.05) is 13.7 Å². The number of ether oxygens (including phenoxy) is 1. The van der Waals surface area contributed by atoms with Gasteiger partial charge < -0.3 is 20.5 Å². The van der Waals surface area contributed by atoms with Crippen molar-refractivity contribution in [2.75, 3.05) is 26.8 Å². The summed E-state index contributed by atoms with van der Waals surface area (Å²) < 4.78 is 4.81. The Labute approximate surface area is 102 Å². The molecule has 17 heavy (non-hydrogen) atoms. The number of hydrogen-bond acceptors (Lipinski definition) is 4. The largest absolute Gasteiger partial charge is 0.389 e. The lowest BCUT2D eigenvalue weighted by atomic mass is 9.93. The van der Waals surface area contributed by atoms with Crippen molar-refractivity contribution in [3.05, 3.63) is 0 Å². The monoisotopic (exact) mass is 242 g/mol. The molecule has 0 aromatic heterocycles. The molecule has 0 aromatic carbocycles. The van der Waals surface area contributed by atoms with Gasteiger partial charge in [-0.05, 0) is 31.2 Å². The second-order valence-electron chi connectivity index (χ2n) is 5.10. The van der Waals surface area contributed by atoms with Gasteiger partial charge in [0.1, 0.15) is 0 Å². The molecule has 5 nitrogen and oxygen atoms in total. The van der Waals surface area contributed by atoms with Crippen molar-refractivity contribution < 1.29 is 14.6 Å². The number of carbonyl (C=O) groups is 1. The van der Waals surface area contributed by atoms with Crippen molar-refractivity contribution in [3.8, 4) is 0 Å². The van der Waals surface area contributed by atoms with Crippen LogP contribution in [0.1, 0.15) is 19.3 Å². The maximum Gasteiger partial charge on any atom is 0.237 e. The Balaban J connectivity index is 1.76. The summed E-state index contributed by atoms with van der Waals surface area (Å²) in [5.74, 6) is 1.19. The van der Waals surface area contributed by atoms with Crippen LogP contribution >= 0.6 is 0 Å². The van der Waals surface area contributed by atoms with Crippen molar-refractivity contribution in [2.45, 2.75) is 31.4 Å². The fourth-order valence-electron chi connectivity index (χ4n) is 3.05. The van der Waals surface area contributed by atoms with Gasteiger partial charge in [0.05, 0.1) is 18.8 Å². The van der Waals surface area contributed by atoms with Crippen LogP contribution in [-0.4, -0.2) is 50.0 Å². The van der Waals surface area contributed by atoms with Crippen LogP contribution in [0.15, 0.2) is 0 Å². The van der Waals surface area contributed by atoms with Crippen LogP contribution in [0.3, 0.4) is 0 Å². The van der Waals surface area contributed by atoms with Crippen LogP contribution in [0.4, 0.5) is 0 Å². The Morgan fingerprint density at radius 3 is 3.18 bits per heavy atom. The molecule has 3 N–H and O–H groups in total. The minimum Gasteiger partial charge on any atom is -0.389 e. The molecule has 5 heteroatoms. The van der Waals surface area contributed by atoms with Gasteiger partial charge >= 0.3 is 0 Å². The van der Waals surface area contributed by atoms with E-state index in [9.17, 15) is 9.90 Å². The predicted molar refractivity (Wildman–Crippen MR) is 63.5 cm³/mol. The third-order valence-electron chi connectivity index (χ3n) is 3.90. The molecule has 1 aliphatic carbocycles. The first-order valence-corrected chi connectivity index (χ1v) is 6.40. The van der Waals surface area contributed by atoms with Gasteiger partial charge in [-0.3, -0.25) is 4.79 Å². The van der Waals surface area contributed by atoms with E-state index in [2.05, 4.69) is 10.6 Å². The summed E-state index contributed by atoms with van der Waals surface area (Å²) in [4.78, 5) is 12.0. The third-order valence-corrected chi connectivity index (χ3v) is 3.90. The molecule has 0 aromatic rings. The average Bonchev–Trinajstić information content (AvgIpc) is 2.87. The maximum absolute atomic E-state index is 12.0. The molecule has 4 unspecified atom stereocenters. The fourth-order valence-corrected chi connectivity index (χ4v) is 3.05. The van der Waals surface area contributed by atoms with E-state index < -0.39 is 6.10 Å². The summed E-state index contributed by atoms with van der Waals surface area (Å²) in [7, 11) is 1.53. The molecule has 98 valence electrons. The van der Waals surface area contributed by atoms with E-state index in [1.807, 2.05) is 0 Å². The zero-order chi connectivity index (χ0) is 12.3. The summed E-state index contributed by atoms with van der Waals surface area (Å²) >= 11 is 0. The van der Waals surface area contributed by atoms with Gasteiger partial charge in [0.25, 0.3) is 0 Å². The summed E-state index contributed by atoms with van der Waals surface area (Å²) in [6.07, 6.45) is 3.02. The number of nitrogens with one attached hydrogen (secondary N) is 2. The normalized spacial score (nSPS) is 33.4. The Morgan fingerprint density at radius 1 is 1.59 bits per heavy atom. The third kappa shape index (κ3) is 2.97. The summed E-state index contributed by atoms with van der Waals surface area (Å²) in [5.41, 5.74) is 0. The molecule has 2 fully saturated rings. The molecule has 0 radical (unpaired) electrons. The number of rotatable bonds is 5. The van der Waals surface area contributed by atoms with Crippen LogP contribution < -0.4 is 10.6 Å². The fraction of sp³-hybridized carbons (Fsp3) is 0.917. The molecule has 4 atom stereocenters. The minimum absolute atomic E-state index is 0.0227. The molecular formula is C12H22N2O3. The van der Waals surface area contributed by atoms with Crippen molar-refractivity contribution in [1.82, 2.24) is 10.6 Å². The van der Waals surface area contributed by atoms with Crippen molar-refractivity contribution in [1.29, 1.82) is 0 Å². The zero-order valence-corrected chi connectivity index (χ0v) is 10.3. The number of amides is 1. The van der Waals surface area contributed by atoms with Gasteiger partial charge in [-0.25, -0.2) is 0 Å². The van der Waals surface area contributed by atoms with Crippen LogP contribution in [0.2, 0.25) is 0 Å². The lowest BCUT2D eigenvalue weighted by molar-refractivity contribution is -0.124. The molecule has 1 aliphatic heterocycles. The van der Waals surface area contributed by atoms with E-state index in [4.69, 9.17) is 4.74 Å². The highest BCUT2D eigenvalue weighted by molar-refractivity contribution is 5.82. The molecular weight excluding hydrogens is 220 g/mol. The van der Waals surface area contributed by atoms with Crippen LogP contribution in [-0.2, 0) is 9.53 Å². The number of hydrogen-bond donors (Lipinski definition) is 3. The molecule has 1 amide bonds. The first-order valence-electron chi connectivity index (χ1n) is 6.40. The molecule has 1 saturated heterocycles. The van der Waals surface area contributed by atoms with Crippen LogP contribution in [0, 0.1) is 11.8 Å². The Hall–Kier alpha value is -0.650. The second-order valence-corrected chi connectivity index (χ2v) is 5.10. The average molecular weight is 242 g/mol. The number of aliphatic hydroxyl groups is 1. The van der Waals surface area contributed by atoms with E-state index in [-0.39, 0.29) is 25.1 Å². The number of carbonyl (C=O) groups excluding carboxylic acids is 1. The topological polar surface area (TPSA) is 70.6 Å². The minimum atomic E-state index is -0.621. The molecule has 0 bridgehead atoms. The highest BCUT2D eigenvalue weighted by Crippen LogP contribution is 2.37. The SMILES string of the molecule is COCC(O)CNC(=O)C1NCC2CCCC21. The van der Waals surface area contributed by atoms with E-state index in [1.54, 1.807) is 0 Å². The lowest BCUT2D eigenvalue weighted by Crippen LogP contribution is -2.46. The van der Waals surface area contributed by atoms with E-state index in [0.717, 1.165) is 13.0 Å². The first kappa shape index (κ1) is 12.8. The number of fused-ring (bicyclic) bond motifs is 1. The van der Waals surface area contributed by atoms with Crippen molar-refractivity contribution in [3.63, 3.8) is 0 Å². The highest BCUT2D eigenvalue weighted by Gasteiger charge is 2.42. The molecule has 1 saturated carbocycles. The molecule has 2 aliphatic rings. The van der Waals surface area contributed by atoms with E-state index in [0.29, 0.717) is 11.8 Å². The quantitative estimate of drug-likeness (QED) is 0.608. The van der Waals surface area contributed by atoms with Crippen LogP contribution in [0.25, 0.3) is 0 Å². The predicted octanol–water partition coefficient (Wildman–Crippen LogP) is -0.502. The van der Waals surface area contributed by atoms with Gasteiger partial charge in [0.15, 0.2) is 0 Å². The highest BCUT2D eigenvalue weighted by atomic mass is 16.5. The summed E-state index contributed by atoms with van der Waals surface area (Å²) in [5, 5.41) is 15.5. The standard InChI is InChI=1S/C12H22N2O3/c1-17-7-9(15)6-14-12(16)11-10-4-2-3-8(10)5-13-11/h8-11,13,15H,2-7H2,1H3,(H,14,16). The summed E-state index contributed by atoms with van der Waals surface area (Å²) in [6, 6.07) is -0.0581. The van der Waals surface area contributed by atoms with Crippen molar-refractivity contribution in [2.24, 2.45) is 11.8 Å². The Bertz CT molecular complexity index is 272. The Morgan fingerprint density at radius 2 is 2.41 bits per heavy atom.